The Morgan fingerprint density at radius 2 is 2.20 bits per heavy atom. The lowest BCUT2D eigenvalue weighted by atomic mass is 10.2. The van der Waals surface area contributed by atoms with Crippen LogP contribution in [0.4, 0.5) is 5.69 Å². The van der Waals surface area contributed by atoms with Crippen molar-refractivity contribution >= 4 is 23.2 Å². The highest BCUT2D eigenvalue weighted by Crippen LogP contribution is 2.17. The summed E-state index contributed by atoms with van der Waals surface area (Å²) in [7, 11) is 0. The summed E-state index contributed by atoms with van der Waals surface area (Å²) in [6, 6.07) is 7.40. The van der Waals surface area contributed by atoms with E-state index in [0.717, 1.165) is 24.2 Å². The number of hydrogen-bond donors (Lipinski definition) is 1. The number of anilines is 1. The van der Waals surface area contributed by atoms with E-state index in [2.05, 4.69) is 10.4 Å². The second kappa shape index (κ2) is 5.64. The zero-order valence-electron chi connectivity index (χ0n) is 10.8. The van der Waals surface area contributed by atoms with Gasteiger partial charge in [-0.25, -0.2) is 4.68 Å². The lowest BCUT2D eigenvalue weighted by Crippen LogP contribution is -2.26. The number of rotatable bonds is 3. The van der Waals surface area contributed by atoms with Gasteiger partial charge in [0.2, 0.25) is 0 Å². The van der Waals surface area contributed by atoms with Crippen LogP contribution in [0.2, 0.25) is 5.02 Å². The van der Waals surface area contributed by atoms with Gasteiger partial charge in [-0.3, -0.25) is 4.79 Å². The van der Waals surface area contributed by atoms with Crippen molar-refractivity contribution in [2.24, 2.45) is 0 Å². The predicted octanol–water partition coefficient (Wildman–Crippen LogP) is 2.64. The molecule has 0 radical (unpaired) electrons. The van der Waals surface area contributed by atoms with Crippen LogP contribution in [0.5, 0.6) is 0 Å². The summed E-state index contributed by atoms with van der Waals surface area (Å²) < 4.78 is 7.02. The molecule has 1 aliphatic rings. The van der Waals surface area contributed by atoms with Gasteiger partial charge < -0.3 is 10.1 Å². The molecule has 1 N–H and O–H groups in total. The van der Waals surface area contributed by atoms with Gasteiger partial charge in [0.25, 0.3) is 5.91 Å². The van der Waals surface area contributed by atoms with Crippen LogP contribution in [0.25, 0.3) is 5.69 Å². The number of amides is 1. The summed E-state index contributed by atoms with van der Waals surface area (Å²) in [5.74, 6) is -0.0858. The molecule has 0 bridgehead atoms. The monoisotopic (exact) mass is 291 g/mol. The first-order valence-electron chi connectivity index (χ1n) is 6.45. The largest absolute Gasteiger partial charge is 0.368 e. The van der Waals surface area contributed by atoms with Gasteiger partial charge in [0.05, 0.1) is 16.9 Å². The van der Waals surface area contributed by atoms with Crippen LogP contribution < -0.4 is 5.32 Å². The Kier molecular flexibility index (Phi) is 3.71. The molecule has 1 atom stereocenters. The number of benzene rings is 1. The third-order valence-corrected chi connectivity index (χ3v) is 3.37. The summed E-state index contributed by atoms with van der Waals surface area (Å²) >= 11 is 5.83. The SMILES string of the molecule is O=C(Nc1ccc(-n2cc(Cl)cn2)cc1)C1CCCO1. The fourth-order valence-corrected chi connectivity index (χ4v) is 2.28. The van der Waals surface area contributed by atoms with E-state index in [-0.39, 0.29) is 12.0 Å². The fourth-order valence-electron chi connectivity index (χ4n) is 2.15. The number of nitrogens with one attached hydrogen (secondary N) is 1. The smallest absolute Gasteiger partial charge is 0.253 e. The predicted molar refractivity (Wildman–Crippen MR) is 76.2 cm³/mol. The molecule has 1 unspecified atom stereocenters. The zero-order valence-corrected chi connectivity index (χ0v) is 11.5. The van der Waals surface area contributed by atoms with Gasteiger partial charge >= 0.3 is 0 Å². The molecule has 2 heterocycles. The summed E-state index contributed by atoms with van der Waals surface area (Å²) in [6.45, 7) is 0.664. The molecule has 1 saturated heterocycles. The van der Waals surface area contributed by atoms with E-state index in [1.807, 2.05) is 24.3 Å². The standard InChI is InChI=1S/C14H14ClN3O2/c15-10-8-16-18(9-10)12-5-3-11(4-6-12)17-14(19)13-2-1-7-20-13/h3-6,8-9,13H,1-2,7H2,(H,17,19). The summed E-state index contributed by atoms with van der Waals surface area (Å²) in [5, 5.41) is 7.55. The summed E-state index contributed by atoms with van der Waals surface area (Å²) in [6.07, 6.45) is 4.71. The number of carbonyl (C=O) groups excluding carboxylic acids is 1. The molecule has 1 aliphatic heterocycles. The molecule has 0 aliphatic carbocycles. The Bertz CT molecular complexity index is 603. The van der Waals surface area contributed by atoms with Gasteiger partial charge in [-0.1, -0.05) is 11.6 Å². The Morgan fingerprint density at radius 3 is 2.80 bits per heavy atom. The van der Waals surface area contributed by atoms with Crippen molar-refractivity contribution in [1.82, 2.24) is 9.78 Å². The Labute approximate surface area is 121 Å². The van der Waals surface area contributed by atoms with Gasteiger partial charge in [0.15, 0.2) is 0 Å². The minimum Gasteiger partial charge on any atom is -0.368 e. The summed E-state index contributed by atoms with van der Waals surface area (Å²) in [4.78, 5) is 11.9. The number of hydrogen-bond acceptors (Lipinski definition) is 3. The van der Waals surface area contributed by atoms with E-state index in [4.69, 9.17) is 16.3 Å². The Hall–Kier alpha value is -1.85. The molecular formula is C14H14ClN3O2. The zero-order chi connectivity index (χ0) is 13.9. The lowest BCUT2D eigenvalue weighted by Gasteiger charge is -2.10. The van der Waals surface area contributed by atoms with Crippen molar-refractivity contribution in [3.63, 3.8) is 0 Å². The number of carbonyl (C=O) groups is 1. The molecule has 5 nitrogen and oxygen atoms in total. The van der Waals surface area contributed by atoms with E-state index in [1.165, 1.54) is 0 Å². The number of aromatic nitrogens is 2. The van der Waals surface area contributed by atoms with Crippen LogP contribution in [0, 0.1) is 0 Å². The quantitative estimate of drug-likeness (QED) is 0.946. The van der Waals surface area contributed by atoms with Crippen LogP contribution in [0.3, 0.4) is 0 Å². The van der Waals surface area contributed by atoms with Crippen LogP contribution in [0.1, 0.15) is 12.8 Å². The number of ether oxygens (including phenoxy) is 1. The molecule has 3 rings (SSSR count). The van der Waals surface area contributed by atoms with Crippen LogP contribution >= 0.6 is 11.6 Å². The van der Waals surface area contributed by atoms with Gasteiger partial charge in [0, 0.05) is 18.5 Å². The van der Waals surface area contributed by atoms with Crippen LogP contribution in [0.15, 0.2) is 36.7 Å². The van der Waals surface area contributed by atoms with Crippen LogP contribution in [-0.4, -0.2) is 28.4 Å². The van der Waals surface area contributed by atoms with Crippen molar-refractivity contribution in [2.45, 2.75) is 18.9 Å². The molecule has 20 heavy (non-hydrogen) atoms. The first-order valence-corrected chi connectivity index (χ1v) is 6.83. The van der Waals surface area contributed by atoms with Crippen molar-refractivity contribution in [3.8, 4) is 5.69 Å². The van der Waals surface area contributed by atoms with E-state index in [0.29, 0.717) is 11.6 Å². The normalized spacial score (nSPS) is 18.1. The second-order valence-electron chi connectivity index (χ2n) is 4.64. The second-order valence-corrected chi connectivity index (χ2v) is 5.08. The first-order chi connectivity index (χ1) is 9.72. The fraction of sp³-hybridized carbons (Fsp3) is 0.286. The highest BCUT2D eigenvalue weighted by Gasteiger charge is 2.23. The molecule has 1 aromatic carbocycles. The van der Waals surface area contributed by atoms with Crippen LogP contribution in [-0.2, 0) is 9.53 Å². The molecule has 0 saturated carbocycles. The van der Waals surface area contributed by atoms with E-state index in [9.17, 15) is 4.79 Å². The molecule has 2 aromatic rings. The number of halogens is 1. The average Bonchev–Trinajstić information content (AvgIpc) is 3.10. The van der Waals surface area contributed by atoms with Gasteiger partial charge in [-0.15, -0.1) is 0 Å². The minimum absolute atomic E-state index is 0.0858. The average molecular weight is 292 g/mol. The molecule has 1 amide bonds. The highest BCUT2D eigenvalue weighted by atomic mass is 35.5. The van der Waals surface area contributed by atoms with E-state index in [1.54, 1.807) is 17.1 Å². The minimum atomic E-state index is -0.320. The first kappa shape index (κ1) is 13.1. The van der Waals surface area contributed by atoms with Gasteiger partial charge in [0.1, 0.15) is 6.10 Å². The van der Waals surface area contributed by atoms with E-state index >= 15 is 0 Å². The van der Waals surface area contributed by atoms with Gasteiger partial charge in [-0.2, -0.15) is 5.10 Å². The third-order valence-electron chi connectivity index (χ3n) is 3.17. The van der Waals surface area contributed by atoms with Crippen molar-refractivity contribution in [3.05, 3.63) is 41.7 Å². The Balaban J connectivity index is 1.68. The Morgan fingerprint density at radius 1 is 1.40 bits per heavy atom. The maximum absolute atomic E-state index is 11.9. The maximum Gasteiger partial charge on any atom is 0.253 e. The lowest BCUT2D eigenvalue weighted by molar-refractivity contribution is -0.124. The molecular weight excluding hydrogens is 278 g/mol. The molecule has 6 heteroatoms. The van der Waals surface area contributed by atoms with Crippen molar-refractivity contribution in [2.75, 3.05) is 11.9 Å². The van der Waals surface area contributed by atoms with Crippen molar-refractivity contribution < 1.29 is 9.53 Å². The van der Waals surface area contributed by atoms with Crippen molar-refractivity contribution in [1.29, 1.82) is 0 Å². The molecule has 0 spiro atoms. The molecule has 104 valence electrons. The van der Waals surface area contributed by atoms with Gasteiger partial charge in [-0.05, 0) is 37.1 Å². The maximum atomic E-state index is 11.9. The molecule has 1 fully saturated rings. The number of nitrogens with zero attached hydrogens (tertiary/aromatic N) is 2. The summed E-state index contributed by atoms with van der Waals surface area (Å²) in [5.41, 5.74) is 1.62. The van der Waals surface area contributed by atoms with E-state index < -0.39 is 0 Å². The molecule has 1 aromatic heterocycles. The highest BCUT2D eigenvalue weighted by molar-refractivity contribution is 6.30. The topological polar surface area (TPSA) is 56.2 Å². The third kappa shape index (κ3) is 2.84.